The first-order valence-electron chi connectivity index (χ1n) is 14.4. The molecule has 1 aliphatic rings. The van der Waals surface area contributed by atoms with E-state index in [-0.39, 0.29) is 11.8 Å². The molecule has 1 saturated heterocycles. The zero-order chi connectivity index (χ0) is 27.2. The van der Waals surface area contributed by atoms with Crippen LogP contribution in [0.2, 0.25) is 0 Å². The molecule has 5 heteroatoms. The molecule has 1 amide bonds. The second-order valence-electron chi connectivity index (χ2n) is 11.2. The zero-order valence-electron chi connectivity index (χ0n) is 23.6. The molecule has 0 bridgehead atoms. The van der Waals surface area contributed by atoms with Gasteiger partial charge in [-0.25, -0.2) is 4.98 Å². The summed E-state index contributed by atoms with van der Waals surface area (Å²) < 4.78 is 7.67. The summed E-state index contributed by atoms with van der Waals surface area (Å²) in [6.07, 6.45) is 4.53. The molecule has 4 aromatic rings. The largest absolute Gasteiger partial charge is 0.385 e. The minimum Gasteiger partial charge on any atom is -0.385 e. The number of methoxy groups -OCH3 is 1. The third kappa shape index (κ3) is 6.42. The van der Waals surface area contributed by atoms with E-state index in [4.69, 9.17) is 9.72 Å². The van der Waals surface area contributed by atoms with Crippen LogP contribution in [0.5, 0.6) is 0 Å². The van der Waals surface area contributed by atoms with Crippen LogP contribution in [0.25, 0.3) is 22.2 Å². The number of hydrogen-bond acceptors (Lipinski definition) is 3. The normalized spacial score (nSPS) is 16.5. The van der Waals surface area contributed by atoms with Crippen molar-refractivity contribution < 1.29 is 9.53 Å². The monoisotopic (exact) mass is 523 g/mol. The van der Waals surface area contributed by atoms with E-state index < -0.39 is 0 Å². The molecule has 5 rings (SSSR count). The predicted molar refractivity (Wildman–Crippen MR) is 159 cm³/mol. The summed E-state index contributed by atoms with van der Waals surface area (Å²) in [5, 5.41) is 0. The average molecular weight is 524 g/mol. The number of likely N-dealkylation sites (tertiary alicyclic amines) is 1. The molecular formula is C34H41N3O2. The minimum absolute atomic E-state index is 0.266. The molecule has 3 aromatic carbocycles. The highest BCUT2D eigenvalue weighted by atomic mass is 16.5. The average Bonchev–Trinajstić information content (AvgIpc) is 3.33. The number of carbonyl (C=O) groups excluding carboxylic acids is 1. The quantitative estimate of drug-likeness (QED) is 0.210. The van der Waals surface area contributed by atoms with Crippen LogP contribution >= 0.6 is 0 Å². The van der Waals surface area contributed by atoms with E-state index in [1.54, 1.807) is 7.11 Å². The highest BCUT2D eigenvalue weighted by molar-refractivity contribution is 5.77. The first-order valence-corrected chi connectivity index (χ1v) is 14.4. The van der Waals surface area contributed by atoms with Crippen LogP contribution in [0.3, 0.4) is 0 Å². The number of benzene rings is 3. The maximum absolute atomic E-state index is 13.4. The van der Waals surface area contributed by atoms with Crippen molar-refractivity contribution in [1.29, 1.82) is 0 Å². The number of para-hydroxylation sites is 2. The molecule has 5 nitrogen and oxygen atoms in total. The number of piperidine rings is 1. The molecule has 0 aliphatic carbocycles. The van der Waals surface area contributed by atoms with Crippen LogP contribution in [-0.4, -0.2) is 47.2 Å². The highest BCUT2D eigenvalue weighted by Gasteiger charge is 2.29. The molecule has 204 valence electrons. The molecular weight excluding hydrogens is 482 g/mol. The van der Waals surface area contributed by atoms with E-state index in [1.807, 2.05) is 6.07 Å². The predicted octanol–water partition coefficient (Wildman–Crippen LogP) is 7.02. The second kappa shape index (κ2) is 12.6. The number of nitrogens with zero attached hydrogens (tertiary/aromatic N) is 3. The maximum Gasteiger partial charge on any atom is 0.222 e. The lowest BCUT2D eigenvalue weighted by atomic mass is 9.93. The lowest BCUT2D eigenvalue weighted by Crippen LogP contribution is -2.40. The number of hydrogen-bond donors (Lipinski definition) is 0. The second-order valence-corrected chi connectivity index (χ2v) is 11.2. The molecule has 0 unspecified atom stereocenters. The van der Waals surface area contributed by atoms with Gasteiger partial charge < -0.3 is 14.2 Å². The van der Waals surface area contributed by atoms with Crippen molar-refractivity contribution in [2.45, 2.75) is 58.4 Å². The van der Waals surface area contributed by atoms with Gasteiger partial charge >= 0.3 is 0 Å². The molecule has 0 saturated carbocycles. The molecule has 1 aliphatic heterocycles. The van der Waals surface area contributed by atoms with Crippen LogP contribution in [0.15, 0.2) is 72.8 Å². The van der Waals surface area contributed by atoms with Gasteiger partial charge in [-0.1, -0.05) is 67.6 Å². The van der Waals surface area contributed by atoms with Gasteiger partial charge in [0, 0.05) is 45.7 Å². The number of aryl methyl sites for hydroxylation is 2. The molecule has 1 aromatic heterocycles. The van der Waals surface area contributed by atoms with Crippen LogP contribution in [0, 0.1) is 12.8 Å². The van der Waals surface area contributed by atoms with Gasteiger partial charge in [-0.05, 0) is 72.9 Å². The number of rotatable bonds is 10. The Morgan fingerprint density at radius 1 is 1.05 bits per heavy atom. The van der Waals surface area contributed by atoms with Gasteiger partial charge in [-0.3, -0.25) is 4.79 Å². The Bertz CT molecular complexity index is 1390. The summed E-state index contributed by atoms with van der Waals surface area (Å²) in [7, 11) is 1.75. The van der Waals surface area contributed by atoms with Crippen molar-refractivity contribution in [1.82, 2.24) is 14.5 Å². The summed E-state index contributed by atoms with van der Waals surface area (Å²) in [5.41, 5.74) is 7.31. The lowest BCUT2D eigenvalue weighted by molar-refractivity contribution is -0.133. The van der Waals surface area contributed by atoms with Crippen LogP contribution in [-0.2, 0) is 22.5 Å². The van der Waals surface area contributed by atoms with Crippen molar-refractivity contribution in [2.24, 2.45) is 5.92 Å². The standard InChI is InChI=1S/C34H41N3O2/c1-25(22-27-15-17-28(18-16-27)30-12-5-4-10-26(30)2)23-33(38)36-19-8-11-29(24-36)34-35-31-13-6-7-14-32(31)37(34)20-9-21-39-3/h4-7,10,12-18,25,29H,8-9,11,19-24H2,1-3H3/t25-,29-/m1/s1. The maximum atomic E-state index is 13.4. The Hall–Kier alpha value is -3.44. The summed E-state index contributed by atoms with van der Waals surface area (Å²) in [4.78, 5) is 20.5. The minimum atomic E-state index is 0.266. The van der Waals surface area contributed by atoms with E-state index in [9.17, 15) is 4.79 Å². The van der Waals surface area contributed by atoms with Crippen molar-refractivity contribution in [3.8, 4) is 11.1 Å². The molecule has 39 heavy (non-hydrogen) atoms. The molecule has 0 radical (unpaired) electrons. The first kappa shape index (κ1) is 27.1. The van der Waals surface area contributed by atoms with Crippen LogP contribution < -0.4 is 0 Å². The van der Waals surface area contributed by atoms with Crippen molar-refractivity contribution in [3.63, 3.8) is 0 Å². The van der Waals surface area contributed by atoms with Gasteiger partial charge in [-0.15, -0.1) is 0 Å². The van der Waals surface area contributed by atoms with E-state index in [0.717, 1.165) is 63.3 Å². The van der Waals surface area contributed by atoms with Crippen molar-refractivity contribution >= 4 is 16.9 Å². The van der Waals surface area contributed by atoms with Gasteiger partial charge in [0.15, 0.2) is 0 Å². The van der Waals surface area contributed by atoms with Gasteiger partial charge in [-0.2, -0.15) is 0 Å². The van der Waals surface area contributed by atoms with Gasteiger partial charge in [0.25, 0.3) is 0 Å². The Kier molecular flexibility index (Phi) is 8.77. The van der Waals surface area contributed by atoms with E-state index in [0.29, 0.717) is 12.3 Å². The fourth-order valence-electron chi connectivity index (χ4n) is 6.04. The first-order chi connectivity index (χ1) is 19.0. The SMILES string of the molecule is COCCCn1c([C@@H]2CCCN(C(=O)C[C@H](C)Cc3ccc(-c4ccccc4C)cc3)C2)nc2ccccc21. The van der Waals surface area contributed by atoms with Gasteiger partial charge in [0.1, 0.15) is 5.82 Å². The van der Waals surface area contributed by atoms with Gasteiger partial charge in [0.05, 0.1) is 11.0 Å². The van der Waals surface area contributed by atoms with Crippen molar-refractivity contribution in [3.05, 3.63) is 89.7 Å². The number of aromatic nitrogens is 2. The summed E-state index contributed by atoms with van der Waals surface area (Å²) in [6.45, 7) is 7.56. The summed E-state index contributed by atoms with van der Waals surface area (Å²) in [6, 6.07) is 25.7. The highest BCUT2D eigenvalue weighted by Crippen LogP contribution is 2.31. The summed E-state index contributed by atoms with van der Waals surface area (Å²) in [5.74, 6) is 1.94. The molecule has 2 atom stereocenters. The van der Waals surface area contributed by atoms with Crippen LogP contribution in [0.4, 0.5) is 0 Å². The molecule has 2 heterocycles. The van der Waals surface area contributed by atoms with Crippen molar-refractivity contribution in [2.75, 3.05) is 26.8 Å². The number of imidazole rings is 1. The third-order valence-corrected chi connectivity index (χ3v) is 8.07. The topological polar surface area (TPSA) is 47.4 Å². The van der Waals surface area contributed by atoms with E-state index >= 15 is 0 Å². The Labute approximate surface area is 232 Å². The number of amides is 1. The van der Waals surface area contributed by atoms with E-state index in [1.165, 1.54) is 27.8 Å². The Morgan fingerprint density at radius 3 is 2.62 bits per heavy atom. The molecule has 0 N–H and O–H groups in total. The van der Waals surface area contributed by atoms with Gasteiger partial charge in [0.2, 0.25) is 5.91 Å². The zero-order valence-corrected chi connectivity index (χ0v) is 23.6. The molecule has 1 fully saturated rings. The van der Waals surface area contributed by atoms with Crippen LogP contribution in [0.1, 0.15) is 55.5 Å². The smallest absolute Gasteiger partial charge is 0.222 e. The fraction of sp³-hybridized carbons (Fsp3) is 0.412. The Morgan fingerprint density at radius 2 is 1.82 bits per heavy atom. The number of fused-ring (bicyclic) bond motifs is 1. The summed E-state index contributed by atoms with van der Waals surface area (Å²) >= 11 is 0. The number of carbonyl (C=O) groups is 1. The fourth-order valence-corrected chi connectivity index (χ4v) is 6.04. The van der Waals surface area contributed by atoms with E-state index in [2.05, 4.69) is 90.0 Å². The lowest BCUT2D eigenvalue weighted by Gasteiger charge is -2.33. The number of ether oxygens (including phenoxy) is 1. The third-order valence-electron chi connectivity index (χ3n) is 8.07. The Balaban J connectivity index is 1.21. The molecule has 0 spiro atoms.